The summed E-state index contributed by atoms with van der Waals surface area (Å²) in [4.78, 5) is 0.0697. The SMILES string of the molecule is CCCc1ccc(CCC)c(S(=O)(=O)O)c1. The molecule has 16 heavy (non-hydrogen) atoms. The van der Waals surface area contributed by atoms with Gasteiger partial charge >= 0.3 is 0 Å². The summed E-state index contributed by atoms with van der Waals surface area (Å²) in [7, 11) is -4.10. The van der Waals surface area contributed by atoms with Crippen molar-refractivity contribution in [3.63, 3.8) is 0 Å². The first-order valence-electron chi connectivity index (χ1n) is 5.58. The van der Waals surface area contributed by atoms with Gasteiger partial charge < -0.3 is 0 Å². The maximum atomic E-state index is 11.2. The zero-order valence-corrected chi connectivity index (χ0v) is 10.5. The first kappa shape index (κ1) is 13.2. The van der Waals surface area contributed by atoms with Gasteiger partial charge in [0.1, 0.15) is 0 Å². The zero-order valence-electron chi connectivity index (χ0n) is 9.73. The Morgan fingerprint density at radius 3 is 2.25 bits per heavy atom. The molecule has 1 rings (SSSR count). The van der Waals surface area contributed by atoms with E-state index in [0.29, 0.717) is 12.0 Å². The highest BCUT2D eigenvalue weighted by molar-refractivity contribution is 7.85. The maximum Gasteiger partial charge on any atom is 0.294 e. The van der Waals surface area contributed by atoms with Gasteiger partial charge in [-0.2, -0.15) is 8.42 Å². The van der Waals surface area contributed by atoms with Crippen LogP contribution in [0.3, 0.4) is 0 Å². The van der Waals surface area contributed by atoms with Crippen LogP contribution in [0.1, 0.15) is 37.8 Å². The van der Waals surface area contributed by atoms with Crippen LogP contribution < -0.4 is 0 Å². The summed E-state index contributed by atoms with van der Waals surface area (Å²) in [6.07, 6.45) is 3.31. The standard InChI is InChI=1S/C12H18O3S/c1-3-5-10-7-8-11(6-4-2)12(9-10)16(13,14)15/h7-9H,3-6H2,1-2H3,(H,13,14,15). The molecular weight excluding hydrogens is 224 g/mol. The van der Waals surface area contributed by atoms with Crippen LogP contribution in [-0.2, 0) is 23.0 Å². The van der Waals surface area contributed by atoms with Crippen molar-refractivity contribution in [2.75, 3.05) is 0 Å². The first-order chi connectivity index (χ1) is 7.49. The van der Waals surface area contributed by atoms with Crippen LogP contribution in [0, 0.1) is 0 Å². The quantitative estimate of drug-likeness (QED) is 0.808. The van der Waals surface area contributed by atoms with E-state index >= 15 is 0 Å². The second-order valence-corrected chi connectivity index (χ2v) is 5.31. The van der Waals surface area contributed by atoms with Gasteiger partial charge in [-0.05, 0) is 30.0 Å². The molecule has 1 N–H and O–H groups in total. The molecule has 0 aliphatic carbocycles. The number of hydrogen-bond acceptors (Lipinski definition) is 2. The van der Waals surface area contributed by atoms with Gasteiger partial charge in [0, 0.05) is 0 Å². The Bertz CT molecular complexity index is 449. The molecule has 0 saturated heterocycles. The average molecular weight is 242 g/mol. The van der Waals surface area contributed by atoms with Crippen LogP contribution in [0.2, 0.25) is 0 Å². The molecule has 0 radical (unpaired) electrons. The summed E-state index contributed by atoms with van der Waals surface area (Å²) >= 11 is 0. The minimum atomic E-state index is -4.10. The first-order valence-corrected chi connectivity index (χ1v) is 7.02. The molecule has 0 unspecified atom stereocenters. The molecule has 0 fully saturated rings. The third kappa shape index (κ3) is 3.32. The molecule has 4 heteroatoms. The molecule has 1 aromatic carbocycles. The predicted molar refractivity (Wildman–Crippen MR) is 64.2 cm³/mol. The van der Waals surface area contributed by atoms with E-state index in [-0.39, 0.29) is 4.90 Å². The molecule has 1 aromatic rings. The summed E-state index contributed by atoms with van der Waals surface area (Å²) in [5.74, 6) is 0. The van der Waals surface area contributed by atoms with Gasteiger partial charge in [-0.15, -0.1) is 0 Å². The lowest BCUT2D eigenvalue weighted by molar-refractivity contribution is 0.482. The van der Waals surface area contributed by atoms with Gasteiger partial charge in [0.05, 0.1) is 4.90 Å². The average Bonchev–Trinajstić information content (AvgIpc) is 2.19. The minimum absolute atomic E-state index is 0.0697. The Balaban J connectivity index is 3.21. The molecule has 0 amide bonds. The molecule has 0 aliphatic rings. The molecule has 0 atom stereocenters. The molecule has 0 aromatic heterocycles. The van der Waals surface area contributed by atoms with E-state index in [1.54, 1.807) is 12.1 Å². The van der Waals surface area contributed by atoms with Crippen LogP contribution >= 0.6 is 0 Å². The molecular formula is C12H18O3S. The Kier molecular flexibility index (Phi) is 4.50. The molecule has 90 valence electrons. The van der Waals surface area contributed by atoms with Crippen molar-refractivity contribution < 1.29 is 13.0 Å². The summed E-state index contributed by atoms with van der Waals surface area (Å²) in [6.45, 7) is 4.01. The molecule has 3 nitrogen and oxygen atoms in total. The Morgan fingerprint density at radius 2 is 1.75 bits per heavy atom. The van der Waals surface area contributed by atoms with Gasteiger partial charge in [0.15, 0.2) is 0 Å². The fourth-order valence-electron chi connectivity index (χ4n) is 1.76. The van der Waals surface area contributed by atoms with Gasteiger partial charge in [0.25, 0.3) is 10.1 Å². The normalized spacial score (nSPS) is 11.7. The highest BCUT2D eigenvalue weighted by atomic mass is 32.2. The summed E-state index contributed by atoms with van der Waals surface area (Å²) < 4.78 is 31.6. The van der Waals surface area contributed by atoms with Gasteiger partial charge in [-0.1, -0.05) is 38.8 Å². The summed E-state index contributed by atoms with van der Waals surface area (Å²) in [5.41, 5.74) is 1.65. The third-order valence-electron chi connectivity index (χ3n) is 2.47. The van der Waals surface area contributed by atoms with Crippen molar-refractivity contribution in [3.05, 3.63) is 29.3 Å². The highest BCUT2D eigenvalue weighted by Gasteiger charge is 2.15. The van der Waals surface area contributed by atoms with Crippen LogP contribution in [0.15, 0.2) is 23.1 Å². The van der Waals surface area contributed by atoms with Crippen LogP contribution in [0.5, 0.6) is 0 Å². The summed E-state index contributed by atoms with van der Waals surface area (Å²) in [6, 6.07) is 5.32. The van der Waals surface area contributed by atoms with Gasteiger partial charge in [0.2, 0.25) is 0 Å². The maximum absolute atomic E-state index is 11.2. The van der Waals surface area contributed by atoms with E-state index in [9.17, 15) is 8.42 Å². The number of aryl methyl sites for hydroxylation is 2. The molecule has 0 saturated carbocycles. The fourth-order valence-corrected chi connectivity index (χ4v) is 2.56. The van der Waals surface area contributed by atoms with Crippen molar-refractivity contribution in [1.29, 1.82) is 0 Å². The lowest BCUT2D eigenvalue weighted by atomic mass is 10.1. The lowest BCUT2D eigenvalue weighted by Gasteiger charge is -2.08. The van der Waals surface area contributed by atoms with Crippen molar-refractivity contribution in [2.24, 2.45) is 0 Å². The number of rotatable bonds is 5. The Morgan fingerprint density at radius 1 is 1.12 bits per heavy atom. The third-order valence-corrected chi connectivity index (χ3v) is 3.40. The van der Waals surface area contributed by atoms with E-state index in [0.717, 1.165) is 24.8 Å². The topological polar surface area (TPSA) is 54.4 Å². The van der Waals surface area contributed by atoms with Crippen LogP contribution in [-0.4, -0.2) is 13.0 Å². The molecule has 0 spiro atoms. The second kappa shape index (κ2) is 5.46. The monoisotopic (exact) mass is 242 g/mol. The molecule has 0 bridgehead atoms. The second-order valence-electron chi connectivity index (χ2n) is 3.92. The Labute approximate surface area is 97.2 Å². The molecule has 0 aliphatic heterocycles. The minimum Gasteiger partial charge on any atom is -0.282 e. The van der Waals surface area contributed by atoms with Crippen molar-refractivity contribution >= 4 is 10.1 Å². The van der Waals surface area contributed by atoms with Crippen molar-refractivity contribution in [1.82, 2.24) is 0 Å². The van der Waals surface area contributed by atoms with E-state index in [1.807, 2.05) is 19.9 Å². The van der Waals surface area contributed by atoms with Crippen molar-refractivity contribution in [2.45, 2.75) is 44.4 Å². The number of benzene rings is 1. The smallest absolute Gasteiger partial charge is 0.282 e. The molecule has 0 heterocycles. The van der Waals surface area contributed by atoms with E-state index in [1.165, 1.54) is 0 Å². The van der Waals surface area contributed by atoms with E-state index in [4.69, 9.17) is 4.55 Å². The summed E-state index contributed by atoms with van der Waals surface area (Å²) in [5, 5.41) is 0. The fraction of sp³-hybridized carbons (Fsp3) is 0.500. The lowest BCUT2D eigenvalue weighted by Crippen LogP contribution is -2.04. The van der Waals surface area contributed by atoms with Gasteiger partial charge in [-0.25, -0.2) is 0 Å². The van der Waals surface area contributed by atoms with Gasteiger partial charge in [-0.3, -0.25) is 4.55 Å². The largest absolute Gasteiger partial charge is 0.294 e. The van der Waals surface area contributed by atoms with E-state index < -0.39 is 10.1 Å². The number of hydrogen-bond donors (Lipinski definition) is 1. The van der Waals surface area contributed by atoms with Crippen LogP contribution in [0.4, 0.5) is 0 Å². The van der Waals surface area contributed by atoms with Crippen LogP contribution in [0.25, 0.3) is 0 Å². The predicted octanol–water partition coefficient (Wildman–Crippen LogP) is 2.84. The van der Waals surface area contributed by atoms with E-state index in [2.05, 4.69) is 0 Å². The zero-order chi connectivity index (χ0) is 12.2. The van der Waals surface area contributed by atoms with Crippen molar-refractivity contribution in [3.8, 4) is 0 Å². The highest BCUT2D eigenvalue weighted by Crippen LogP contribution is 2.20. The Hall–Kier alpha value is -0.870.